The second-order valence-corrected chi connectivity index (χ2v) is 7.22. The van der Waals surface area contributed by atoms with Gasteiger partial charge in [-0.05, 0) is 11.6 Å². The number of esters is 2. The number of para-hydroxylation sites is 1. The van der Waals surface area contributed by atoms with Crippen LogP contribution in [-0.2, 0) is 25.8 Å². The van der Waals surface area contributed by atoms with E-state index in [1.165, 1.54) is 5.56 Å². The molecule has 0 unspecified atom stereocenters. The second-order valence-electron chi connectivity index (χ2n) is 6.23. The van der Waals surface area contributed by atoms with Crippen molar-refractivity contribution in [1.29, 1.82) is 0 Å². The minimum Gasteiger partial charge on any atom is -0.463 e. The van der Waals surface area contributed by atoms with E-state index in [-0.39, 0.29) is 12.4 Å². The second kappa shape index (κ2) is 7.88. The van der Waals surface area contributed by atoms with Gasteiger partial charge in [-0.25, -0.2) is 9.59 Å². The lowest BCUT2D eigenvalue weighted by Gasteiger charge is -2.08. The Labute approximate surface area is 160 Å². The van der Waals surface area contributed by atoms with Crippen molar-refractivity contribution in [3.8, 4) is 0 Å². The van der Waals surface area contributed by atoms with E-state index in [0.29, 0.717) is 17.8 Å². The van der Waals surface area contributed by atoms with Gasteiger partial charge in [0.25, 0.3) is 0 Å². The molecule has 0 radical (unpaired) electrons. The molecule has 1 aromatic heterocycles. The molecule has 3 aromatic rings. The van der Waals surface area contributed by atoms with Gasteiger partial charge in [0.1, 0.15) is 5.58 Å². The first-order valence-corrected chi connectivity index (χ1v) is 9.87. The Morgan fingerprint density at radius 1 is 1.07 bits per heavy atom. The van der Waals surface area contributed by atoms with Crippen molar-refractivity contribution in [3.05, 3.63) is 71.5 Å². The standard InChI is InChI=1S/C21H18O5S/c22-20-18(10-11-24-20)26-21(23)19-16(15-8-4-5-9-17(15)25-19)13-27-12-14-6-2-1-3-7-14/h1-9,18H,10-13H2/t18-/m0/s1. The molecule has 0 aliphatic carbocycles. The minimum atomic E-state index is -0.851. The van der Waals surface area contributed by atoms with Crippen LogP contribution in [-0.4, -0.2) is 24.6 Å². The van der Waals surface area contributed by atoms with E-state index >= 15 is 0 Å². The summed E-state index contributed by atoms with van der Waals surface area (Å²) < 4.78 is 16.0. The number of hydrogen-bond donors (Lipinski definition) is 0. The first-order valence-electron chi connectivity index (χ1n) is 8.72. The normalized spacial score (nSPS) is 16.4. The number of benzene rings is 2. The van der Waals surface area contributed by atoms with E-state index < -0.39 is 18.0 Å². The molecule has 6 heteroatoms. The molecule has 0 spiro atoms. The fraction of sp³-hybridized carbons (Fsp3) is 0.238. The van der Waals surface area contributed by atoms with Crippen LogP contribution in [0.15, 0.2) is 59.0 Å². The number of thioether (sulfide) groups is 1. The average molecular weight is 382 g/mol. The average Bonchev–Trinajstić information content (AvgIpc) is 3.26. The molecule has 1 aliphatic heterocycles. The number of ether oxygens (including phenoxy) is 2. The van der Waals surface area contributed by atoms with Crippen LogP contribution in [0, 0.1) is 0 Å². The van der Waals surface area contributed by atoms with Crippen molar-refractivity contribution in [3.63, 3.8) is 0 Å². The molecular weight excluding hydrogens is 364 g/mol. The van der Waals surface area contributed by atoms with Gasteiger partial charge in [-0.1, -0.05) is 48.5 Å². The smallest absolute Gasteiger partial charge is 0.375 e. The predicted molar refractivity (Wildman–Crippen MR) is 102 cm³/mol. The molecule has 1 atom stereocenters. The Bertz CT molecular complexity index is 963. The van der Waals surface area contributed by atoms with Crippen molar-refractivity contribution in [2.24, 2.45) is 0 Å². The topological polar surface area (TPSA) is 65.7 Å². The van der Waals surface area contributed by atoms with E-state index in [1.807, 2.05) is 42.5 Å². The monoisotopic (exact) mass is 382 g/mol. The Morgan fingerprint density at radius 3 is 2.63 bits per heavy atom. The third-order valence-corrected chi connectivity index (χ3v) is 5.41. The Morgan fingerprint density at radius 2 is 1.85 bits per heavy atom. The van der Waals surface area contributed by atoms with Gasteiger partial charge in [0.05, 0.1) is 6.61 Å². The van der Waals surface area contributed by atoms with Crippen LogP contribution in [0.2, 0.25) is 0 Å². The molecule has 1 saturated heterocycles. The number of furan rings is 1. The largest absolute Gasteiger partial charge is 0.463 e. The van der Waals surface area contributed by atoms with Gasteiger partial charge in [-0.2, -0.15) is 11.8 Å². The van der Waals surface area contributed by atoms with Crippen LogP contribution < -0.4 is 0 Å². The van der Waals surface area contributed by atoms with Crippen molar-refractivity contribution in [2.45, 2.75) is 24.0 Å². The molecule has 1 fully saturated rings. The summed E-state index contributed by atoms with van der Waals surface area (Å²) in [7, 11) is 0. The first-order chi connectivity index (χ1) is 13.2. The van der Waals surface area contributed by atoms with Crippen molar-refractivity contribution in [2.75, 3.05) is 6.61 Å². The van der Waals surface area contributed by atoms with Crippen LogP contribution in [0.25, 0.3) is 11.0 Å². The van der Waals surface area contributed by atoms with Gasteiger partial charge < -0.3 is 13.9 Å². The van der Waals surface area contributed by atoms with Crippen molar-refractivity contribution < 1.29 is 23.5 Å². The first kappa shape index (κ1) is 17.7. The number of rotatable bonds is 6. The Kier molecular flexibility index (Phi) is 5.16. The molecule has 1 aliphatic rings. The maximum absolute atomic E-state index is 12.6. The molecule has 138 valence electrons. The van der Waals surface area contributed by atoms with E-state index in [4.69, 9.17) is 13.9 Å². The molecule has 4 rings (SSSR count). The molecule has 0 N–H and O–H groups in total. The summed E-state index contributed by atoms with van der Waals surface area (Å²) in [4.78, 5) is 24.2. The molecule has 27 heavy (non-hydrogen) atoms. The lowest BCUT2D eigenvalue weighted by molar-refractivity contribution is -0.145. The summed E-state index contributed by atoms with van der Waals surface area (Å²) in [6.45, 7) is 0.274. The predicted octanol–water partition coefficient (Wildman–Crippen LogP) is 4.34. The molecule has 2 heterocycles. The SMILES string of the molecule is O=C(O[C@H]1CCOC1=O)c1oc2ccccc2c1CSCc1ccccc1. The number of carbonyl (C=O) groups excluding carboxylic acids is 2. The van der Waals surface area contributed by atoms with Crippen LogP contribution in [0.1, 0.15) is 28.1 Å². The highest BCUT2D eigenvalue weighted by molar-refractivity contribution is 7.97. The van der Waals surface area contributed by atoms with E-state index in [2.05, 4.69) is 12.1 Å². The summed E-state index contributed by atoms with van der Waals surface area (Å²) in [6, 6.07) is 17.7. The third kappa shape index (κ3) is 3.85. The van der Waals surface area contributed by atoms with Crippen molar-refractivity contribution >= 4 is 34.7 Å². The quantitative estimate of drug-likeness (QED) is 0.591. The van der Waals surface area contributed by atoms with E-state index in [0.717, 1.165) is 16.7 Å². The third-order valence-electron chi connectivity index (χ3n) is 4.38. The number of carbonyl (C=O) groups is 2. The summed E-state index contributed by atoms with van der Waals surface area (Å²) in [5.74, 6) is 0.469. The minimum absolute atomic E-state index is 0.163. The fourth-order valence-corrected chi connectivity index (χ4v) is 4.04. The summed E-state index contributed by atoms with van der Waals surface area (Å²) >= 11 is 1.69. The summed E-state index contributed by atoms with van der Waals surface area (Å²) in [5.41, 5.74) is 2.64. The van der Waals surface area contributed by atoms with Gasteiger partial charge in [-0.3, -0.25) is 0 Å². The summed E-state index contributed by atoms with van der Waals surface area (Å²) in [5, 5.41) is 0.888. The molecule has 5 nitrogen and oxygen atoms in total. The van der Waals surface area contributed by atoms with E-state index in [9.17, 15) is 9.59 Å². The zero-order chi connectivity index (χ0) is 18.6. The van der Waals surface area contributed by atoms with Gasteiger partial charge in [-0.15, -0.1) is 0 Å². The van der Waals surface area contributed by atoms with Crippen LogP contribution in [0.5, 0.6) is 0 Å². The van der Waals surface area contributed by atoms with Gasteiger partial charge >= 0.3 is 11.9 Å². The molecule has 0 bridgehead atoms. The van der Waals surface area contributed by atoms with E-state index in [1.54, 1.807) is 11.8 Å². The summed E-state index contributed by atoms with van der Waals surface area (Å²) in [6.07, 6.45) is -0.473. The molecule has 0 saturated carbocycles. The lowest BCUT2D eigenvalue weighted by Crippen LogP contribution is -2.22. The molecule has 2 aromatic carbocycles. The Balaban J connectivity index is 1.55. The fourth-order valence-electron chi connectivity index (χ4n) is 3.02. The zero-order valence-electron chi connectivity index (χ0n) is 14.6. The number of cyclic esters (lactones) is 1. The lowest BCUT2D eigenvalue weighted by atomic mass is 10.1. The highest BCUT2D eigenvalue weighted by Gasteiger charge is 2.32. The van der Waals surface area contributed by atoms with Crippen LogP contribution in [0.3, 0.4) is 0 Å². The van der Waals surface area contributed by atoms with Crippen LogP contribution in [0.4, 0.5) is 0 Å². The zero-order valence-corrected chi connectivity index (χ0v) is 15.4. The maximum atomic E-state index is 12.6. The van der Waals surface area contributed by atoms with Gasteiger partial charge in [0.2, 0.25) is 11.9 Å². The molecular formula is C21H18O5S. The maximum Gasteiger partial charge on any atom is 0.375 e. The van der Waals surface area contributed by atoms with Crippen LogP contribution >= 0.6 is 11.8 Å². The van der Waals surface area contributed by atoms with Gasteiger partial charge in [0, 0.05) is 28.9 Å². The number of fused-ring (bicyclic) bond motifs is 1. The van der Waals surface area contributed by atoms with Gasteiger partial charge in [0.15, 0.2) is 0 Å². The highest BCUT2D eigenvalue weighted by Crippen LogP contribution is 2.31. The molecule has 0 amide bonds. The Hall–Kier alpha value is -2.73. The van der Waals surface area contributed by atoms with Crippen molar-refractivity contribution in [1.82, 2.24) is 0 Å². The highest BCUT2D eigenvalue weighted by atomic mass is 32.2. The number of hydrogen-bond acceptors (Lipinski definition) is 6.